The average molecular weight is 184 g/mol. The smallest absolute Gasteiger partial charge is 0.0110 e. The Bertz CT molecular complexity index is 136. The first kappa shape index (κ1) is 11.0. The van der Waals surface area contributed by atoms with Crippen molar-refractivity contribution in [3.05, 3.63) is 0 Å². The van der Waals surface area contributed by atoms with Crippen molar-refractivity contribution in [1.82, 2.24) is 10.2 Å². The summed E-state index contributed by atoms with van der Waals surface area (Å²) in [4.78, 5) is 2.59. The highest BCUT2D eigenvalue weighted by Gasteiger charge is 2.18. The van der Waals surface area contributed by atoms with Crippen LogP contribution >= 0.6 is 0 Å². The van der Waals surface area contributed by atoms with Crippen molar-refractivity contribution in [2.75, 3.05) is 19.6 Å². The zero-order valence-electron chi connectivity index (χ0n) is 9.34. The molecule has 2 nitrogen and oxygen atoms in total. The van der Waals surface area contributed by atoms with E-state index in [1.54, 1.807) is 0 Å². The zero-order chi connectivity index (χ0) is 9.68. The predicted octanol–water partition coefficient (Wildman–Crippen LogP) is 1.86. The second-order valence-electron chi connectivity index (χ2n) is 4.29. The first-order chi connectivity index (χ1) is 6.24. The van der Waals surface area contributed by atoms with Crippen LogP contribution in [-0.4, -0.2) is 36.6 Å². The lowest BCUT2D eigenvalue weighted by molar-refractivity contribution is 0.264. The molecule has 1 saturated heterocycles. The summed E-state index contributed by atoms with van der Waals surface area (Å²) in [6.07, 6.45) is 4.02. The fourth-order valence-electron chi connectivity index (χ4n) is 1.92. The molecule has 13 heavy (non-hydrogen) atoms. The van der Waals surface area contributed by atoms with Crippen LogP contribution < -0.4 is 5.32 Å². The molecule has 1 fully saturated rings. The summed E-state index contributed by atoms with van der Waals surface area (Å²) >= 11 is 0. The third kappa shape index (κ3) is 3.65. The lowest BCUT2D eigenvalue weighted by Gasteiger charge is -2.22. The van der Waals surface area contributed by atoms with Crippen molar-refractivity contribution in [2.45, 2.75) is 52.1 Å². The predicted molar refractivity (Wildman–Crippen MR) is 58.0 cm³/mol. The van der Waals surface area contributed by atoms with E-state index in [4.69, 9.17) is 0 Å². The van der Waals surface area contributed by atoms with Gasteiger partial charge in [-0.15, -0.1) is 0 Å². The Kier molecular flexibility index (Phi) is 4.74. The molecule has 2 unspecified atom stereocenters. The lowest BCUT2D eigenvalue weighted by Crippen LogP contribution is -2.37. The summed E-state index contributed by atoms with van der Waals surface area (Å²) in [5, 5.41) is 3.54. The maximum atomic E-state index is 3.54. The van der Waals surface area contributed by atoms with Crippen molar-refractivity contribution < 1.29 is 0 Å². The van der Waals surface area contributed by atoms with E-state index in [0.29, 0.717) is 6.04 Å². The van der Waals surface area contributed by atoms with Gasteiger partial charge in [0.05, 0.1) is 0 Å². The van der Waals surface area contributed by atoms with E-state index in [1.165, 1.54) is 32.4 Å². The van der Waals surface area contributed by atoms with E-state index in [2.05, 4.69) is 31.0 Å². The molecule has 0 aromatic rings. The third-order valence-corrected chi connectivity index (χ3v) is 3.19. The minimum absolute atomic E-state index is 0.679. The molecule has 1 heterocycles. The van der Waals surface area contributed by atoms with Crippen molar-refractivity contribution in [3.8, 4) is 0 Å². The van der Waals surface area contributed by atoms with Crippen LogP contribution in [0, 0.1) is 0 Å². The summed E-state index contributed by atoms with van der Waals surface area (Å²) in [5.74, 6) is 0. The van der Waals surface area contributed by atoms with Crippen LogP contribution in [0.5, 0.6) is 0 Å². The minimum Gasteiger partial charge on any atom is -0.313 e. The molecule has 2 atom stereocenters. The molecular weight excluding hydrogens is 160 g/mol. The van der Waals surface area contributed by atoms with Gasteiger partial charge >= 0.3 is 0 Å². The highest BCUT2D eigenvalue weighted by molar-refractivity contribution is 4.75. The SMILES string of the molecule is CCC(C)NCCN1CCCC1C. The van der Waals surface area contributed by atoms with Gasteiger partial charge in [0.25, 0.3) is 0 Å². The largest absolute Gasteiger partial charge is 0.313 e. The minimum atomic E-state index is 0.679. The van der Waals surface area contributed by atoms with Crippen LogP contribution in [-0.2, 0) is 0 Å². The zero-order valence-corrected chi connectivity index (χ0v) is 9.34. The lowest BCUT2D eigenvalue weighted by atomic mass is 10.2. The summed E-state index contributed by atoms with van der Waals surface area (Å²) in [7, 11) is 0. The fraction of sp³-hybridized carbons (Fsp3) is 1.00. The molecule has 0 saturated carbocycles. The number of likely N-dealkylation sites (tertiary alicyclic amines) is 1. The first-order valence-corrected chi connectivity index (χ1v) is 5.71. The van der Waals surface area contributed by atoms with Gasteiger partial charge in [0.1, 0.15) is 0 Å². The number of rotatable bonds is 5. The fourth-order valence-corrected chi connectivity index (χ4v) is 1.92. The van der Waals surface area contributed by atoms with Crippen LogP contribution in [0.2, 0.25) is 0 Å². The number of hydrogen-bond acceptors (Lipinski definition) is 2. The molecule has 0 radical (unpaired) electrons. The highest BCUT2D eigenvalue weighted by Crippen LogP contribution is 2.14. The third-order valence-electron chi connectivity index (χ3n) is 3.19. The van der Waals surface area contributed by atoms with Crippen molar-refractivity contribution in [2.24, 2.45) is 0 Å². The van der Waals surface area contributed by atoms with E-state index in [1.807, 2.05) is 0 Å². The number of nitrogens with zero attached hydrogens (tertiary/aromatic N) is 1. The summed E-state index contributed by atoms with van der Waals surface area (Å²) in [6.45, 7) is 10.5. The molecule has 1 rings (SSSR count). The van der Waals surface area contributed by atoms with Crippen LogP contribution in [0.4, 0.5) is 0 Å². The van der Waals surface area contributed by atoms with Gasteiger partial charge in [-0.3, -0.25) is 4.90 Å². The first-order valence-electron chi connectivity index (χ1n) is 5.71. The standard InChI is InChI=1S/C11H24N2/c1-4-10(2)12-7-9-13-8-5-6-11(13)3/h10-12H,4-9H2,1-3H3. The molecular formula is C11H24N2. The van der Waals surface area contributed by atoms with Gasteiger partial charge in [0.15, 0.2) is 0 Å². The quantitative estimate of drug-likeness (QED) is 0.701. The van der Waals surface area contributed by atoms with Crippen molar-refractivity contribution in [3.63, 3.8) is 0 Å². The normalized spacial score (nSPS) is 26.5. The molecule has 0 amide bonds. The number of nitrogens with one attached hydrogen (secondary N) is 1. The van der Waals surface area contributed by atoms with Crippen LogP contribution in [0.15, 0.2) is 0 Å². The number of hydrogen-bond donors (Lipinski definition) is 1. The Morgan fingerprint density at radius 3 is 2.85 bits per heavy atom. The molecule has 0 aromatic heterocycles. The molecule has 1 N–H and O–H groups in total. The van der Waals surface area contributed by atoms with E-state index in [-0.39, 0.29) is 0 Å². The molecule has 2 heteroatoms. The van der Waals surface area contributed by atoms with E-state index < -0.39 is 0 Å². The average Bonchev–Trinajstić information content (AvgIpc) is 2.52. The van der Waals surface area contributed by atoms with Crippen LogP contribution in [0.25, 0.3) is 0 Å². The molecule has 0 spiro atoms. The molecule has 78 valence electrons. The van der Waals surface area contributed by atoms with Gasteiger partial charge in [-0.1, -0.05) is 6.92 Å². The van der Waals surface area contributed by atoms with Gasteiger partial charge in [0.2, 0.25) is 0 Å². The molecule has 1 aliphatic rings. The van der Waals surface area contributed by atoms with Gasteiger partial charge in [-0.2, -0.15) is 0 Å². The molecule has 1 aliphatic heterocycles. The van der Waals surface area contributed by atoms with E-state index in [9.17, 15) is 0 Å². The summed E-state index contributed by atoms with van der Waals surface area (Å²) in [6, 6.07) is 1.50. The maximum absolute atomic E-state index is 3.54. The Hall–Kier alpha value is -0.0800. The topological polar surface area (TPSA) is 15.3 Å². The van der Waals surface area contributed by atoms with E-state index in [0.717, 1.165) is 12.6 Å². The van der Waals surface area contributed by atoms with Crippen molar-refractivity contribution in [1.29, 1.82) is 0 Å². The van der Waals surface area contributed by atoms with Gasteiger partial charge in [-0.25, -0.2) is 0 Å². The summed E-state index contributed by atoms with van der Waals surface area (Å²) < 4.78 is 0. The summed E-state index contributed by atoms with van der Waals surface area (Å²) in [5.41, 5.74) is 0. The van der Waals surface area contributed by atoms with Gasteiger partial charge in [-0.05, 0) is 39.7 Å². The van der Waals surface area contributed by atoms with Crippen LogP contribution in [0.1, 0.15) is 40.0 Å². The second kappa shape index (κ2) is 5.61. The second-order valence-corrected chi connectivity index (χ2v) is 4.29. The van der Waals surface area contributed by atoms with E-state index >= 15 is 0 Å². The molecule has 0 aromatic carbocycles. The monoisotopic (exact) mass is 184 g/mol. The molecule has 0 aliphatic carbocycles. The Morgan fingerprint density at radius 2 is 2.31 bits per heavy atom. The Morgan fingerprint density at radius 1 is 1.54 bits per heavy atom. The maximum Gasteiger partial charge on any atom is 0.0110 e. The molecule has 0 bridgehead atoms. The van der Waals surface area contributed by atoms with Gasteiger partial charge in [0, 0.05) is 25.2 Å². The highest BCUT2D eigenvalue weighted by atomic mass is 15.2. The Labute approximate surface area is 82.7 Å². The van der Waals surface area contributed by atoms with Crippen LogP contribution in [0.3, 0.4) is 0 Å². The Balaban J connectivity index is 2.05. The van der Waals surface area contributed by atoms with Crippen molar-refractivity contribution >= 4 is 0 Å². The van der Waals surface area contributed by atoms with Gasteiger partial charge < -0.3 is 5.32 Å².